The van der Waals surface area contributed by atoms with Gasteiger partial charge < -0.3 is 16.0 Å². The number of carbonyl (C=O) groups is 1. The third-order valence-corrected chi connectivity index (χ3v) is 0.216. The summed E-state index contributed by atoms with van der Waals surface area (Å²) in [5.74, 6) is 0. The summed E-state index contributed by atoms with van der Waals surface area (Å²) in [5.41, 5.74) is 12.0. The van der Waals surface area contributed by atoms with E-state index in [2.05, 4.69) is 15.3 Å². The van der Waals surface area contributed by atoms with Crippen LogP contribution in [0.5, 0.6) is 0 Å². The minimum atomic E-state index is -1.00. The first kappa shape index (κ1) is 5.65. The van der Waals surface area contributed by atoms with Crippen LogP contribution in [0, 0.1) is 0 Å². The number of nitrogens with two attached hydrogens (primary N) is 1. The first-order valence-electron chi connectivity index (χ1n) is 1.39. The molecule has 0 bridgehead atoms. The molecule has 0 atom stereocenters. The number of hydrogen-bond donors (Lipinski definition) is 1. The molecule has 38 valence electrons. The number of primary amides is 1. The minimum absolute atomic E-state index is 0.530. The van der Waals surface area contributed by atoms with Crippen molar-refractivity contribution in [3.63, 3.8) is 0 Å². The third kappa shape index (κ3) is 4.65. The Labute approximate surface area is 39.3 Å². The molecular weight excluding hydrogens is 98.0 g/mol. The molecule has 0 saturated heterocycles. The van der Waals surface area contributed by atoms with E-state index in [9.17, 15) is 4.79 Å². The van der Waals surface area contributed by atoms with Crippen LogP contribution in [0.1, 0.15) is 0 Å². The van der Waals surface area contributed by atoms with E-state index in [4.69, 9.17) is 5.53 Å². The van der Waals surface area contributed by atoms with E-state index in [1.807, 2.05) is 0 Å². The van der Waals surface area contributed by atoms with Crippen LogP contribution in [0.15, 0.2) is 0 Å². The molecule has 5 nitrogen and oxygen atoms in total. The average molecular weight is 101 g/mol. The Hall–Kier alpha value is -1.35. The molecule has 5 heteroatoms. The van der Waals surface area contributed by atoms with Gasteiger partial charge >= 0.3 is 12.5 Å². The molecule has 0 saturated carbocycles. The molecule has 7 heavy (non-hydrogen) atoms. The van der Waals surface area contributed by atoms with Crippen LogP contribution in [-0.4, -0.2) is 17.3 Å². The van der Waals surface area contributed by atoms with Crippen molar-refractivity contribution in [2.24, 2.45) is 5.73 Å². The van der Waals surface area contributed by atoms with Gasteiger partial charge in [0.2, 0.25) is 0 Å². The van der Waals surface area contributed by atoms with Crippen LogP contribution in [0.25, 0.3) is 5.53 Å². The van der Waals surface area contributed by atoms with Crippen LogP contribution in [0.4, 0.5) is 4.79 Å². The normalized spacial score (nSPS) is 6.29. The van der Waals surface area contributed by atoms with E-state index in [1.165, 1.54) is 0 Å². The number of amides is 1. The van der Waals surface area contributed by atoms with E-state index < -0.39 is 6.09 Å². The molecule has 0 aliphatic carbocycles. The van der Waals surface area contributed by atoms with Crippen LogP contribution >= 0.6 is 0 Å². The fraction of sp³-hybridized carbons (Fsp3) is 0. The van der Waals surface area contributed by atoms with Crippen molar-refractivity contribution in [1.29, 1.82) is 0 Å². The van der Waals surface area contributed by atoms with Crippen molar-refractivity contribution in [1.82, 2.24) is 0 Å². The lowest BCUT2D eigenvalue weighted by atomic mass is 11.2. The number of carbonyl (C=O) groups excluding carboxylic acids is 1. The van der Waals surface area contributed by atoms with Gasteiger partial charge in [-0.1, -0.05) is 0 Å². The van der Waals surface area contributed by atoms with Crippen molar-refractivity contribution in [2.75, 3.05) is 0 Å². The average Bonchev–Trinajstić information content (AvgIpc) is 1.61. The van der Waals surface area contributed by atoms with Gasteiger partial charge in [0.05, 0.1) is 0 Å². The quantitative estimate of drug-likeness (QED) is 0.205. The molecule has 0 aromatic heterocycles. The van der Waals surface area contributed by atoms with Gasteiger partial charge in [-0.15, -0.1) is 4.79 Å². The Morgan fingerprint density at radius 3 is 2.71 bits per heavy atom. The van der Waals surface area contributed by atoms with Crippen molar-refractivity contribution < 1.29 is 14.3 Å². The van der Waals surface area contributed by atoms with Crippen molar-refractivity contribution >= 4 is 12.5 Å². The lowest BCUT2D eigenvalue weighted by Gasteiger charge is -1.76. The summed E-state index contributed by atoms with van der Waals surface area (Å²) in [6.07, 6.45) is -0.472. The Morgan fingerprint density at radius 2 is 2.57 bits per heavy atom. The summed E-state index contributed by atoms with van der Waals surface area (Å²) < 4.78 is 3.79. The highest BCUT2D eigenvalue weighted by Gasteiger charge is 1.86. The lowest BCUT2D eigenvalue weighted by Crippen LogP contribution is -2.11. The molecule has 0 aliphatic rings. The highest BCUT2D eigenvalue weighted by Crippen LogP contribution is 1.58. The van der Waals surface area contributed by atoms with Gasteiger partial charge in [-0.05, 0) is 0 Å². The molecule has 0 aliphatic heterocycles. The van der Waals surface area contributed by atoms with E-state index >= 15 is 0 Å². The summed E-state index contributed by atoms with van der Waals surface area (Å²) in [7, 11) is 0. The number of hydrogen-bond acceptors (Lipinski definition) is 2. The predicted octanol–water partition coefficient (Wildman–Crippen LogP) is -0.660. The van der Waals surface area contributed by atoms with Crippen LogP contribution in [0.2, 0.25) is 0 Å². The highest BCUT2D eigenvalue weighted by molar-refractivity contribution is 5.72. The zero-order valence-electron chi connectivity index (χ0n) is 3.37. The Morgan fingerprint density at radius 1 is 2.00 bits per heavy atom. The minimum Gasteiger partial charge on any atom is -0.358 e. The molecule has 0 fully saturated rings. The third-order valence-electron chi connectivity index (χ3n) is 0.216. The second kappa shape index (κ2) is 2.87. The lowest BCUT2D eigenvalue weighted by molar-refractivity contribution is -0.0191. The van der Waals surface area contributed by atoms with Crippen LogP contribution in [-0.2, 0) is 4.74 Å². The second-order valence-electron chi connectivity index (χ2n) is 0.658. The van der Waals surface area contributed by atoms with Crippen LogP contribution in [0.3, 0.4) is 0 Å². The number of nitrogens with zero attached hydrogens (tertiary/aromatic N) is 2. The monoisotopic (exact) mass is 101 g/mol. The van der Waals surface area contributed by atoms with Gasteiger partial charge in [0.15, 0.2) is 0 Å². The zero-order chi connectivity index (χ0) is 5.70. The largest absolute Gasteiger partial charge is 0.447 e. The first-order valence-corrected chi connectivity index (χ1v) is 1.39. The second-order valence-corrected chi connectivity index (χ2v) is 0.658. The van der Waals surface area contributed by atoms with E-state index in [0.717, 1.165) is 0 Å². The summed E-state index contributed by atoms with van der Waals surface area (Å²) in [6, 6.07) is 0. The summed E-state index contributed by atoms with van der Waals surface area (Å²) in [5, 5.41) is 0. The molecule has 0 aromatic carbocycles. The predicted molar refractivity (Wildman–Crippen MR) is 20.4 cm³/mol. The van der Waals surface area contributed by atoms with Gasteiger partial charge in [-0.2, -0.15) is 0 Å². The summed E-state index contributed by atoms with van der Waals surface area (Å²) >= 11 is 0. The fourth-order valence-corrected chi connectivity index (χ4v) is 0.0755. The molecular formula is C2H3N3O2. The molecule has 0 rings (SSSR count). The van der Waals surface area contributed by atoms with Gasteiger partial charge in [-0.25, -0.2) is 4.79 Å². The molecule has 1 amide bonds. The summed E-state index contributed by atoms with van der Waals surface area (Å²) in [4.78, 5) is 11.9. The van der Waals surface area contributed by atoms with Crippen LogP contribution < -0.4 is 5.73 Å². The maximum Gasteiger partial charge on any atom is 0.447 e. The molecule has 0 radical (unpaired) electrons. The van der Waals surface area contributed by atoms with Gasteiger partial charge in [0.25, 0.3) is 0 Å². The molecule has 0 unspecified atom stereocenters. The number of rotatable bonds is 1. The van der Waals surface area contributed by atoms with Gasteiger partial charge in [0.1, 0.15) is 0 Å². The summed E-state index contributed by atoms with van der Waals surface area (Å²) in [6.45, 7) is 0. The van der Waals surface area contributed by atoms with Gasteiger partial charge in [-0.3, -0.25) is 0 Å². The fourth-order valence-electron chi connectivity index (χ4n) is 0.0755. The Kier molecular flexibility index (Phi) is 2.31. The zero-order valence-corrected chi connectivity index (χ0v) is 3.37. The smallest absolute Gasteiger partial charge is 0.358 e. The SMILES string of the molecule is [N-]=[N+]=COC(N)=O. The molecule has 0 spiro atoms. The van der Waals surface area contributed by atoms with E-state index in [-0.39, 0.29) is 0 Å². The Bertz CT molecular complexity index is 114. The first-order chi connectivity index (χ1) is 3.27. The van der Waals surface area contributed by atoms with E-state index in [0.29, 0.717) is 6.40 Å². The van der Waals surface area contributed by atoms with E-state index in [1.54, 1.807) is 0 Å². The topological polar surface area (TPSA) is 88.7 Å². The maximum atomic E-state index is 9.56. The van der Waals surface area contributed by atoms with Crippen molar-refractivity contribution in [3.05, 3.63) is 5.53 Å². The highest BCUT2D eigenvalue weighted by atomic mass is 16.5. The molecule has 2 N–H and O–H groups in total. The maximum absolute atomic E-state index is 9.56. The van der Waals surface area contributed by atoms with Crippen molar-refractivity contribution in [3.8, 4) is 0 Å². The standard InChI is InChI=1S/C2H3N3O2/c3-2(6)7-1-5-4/h1H,(H2,3,6). The molecule has 0 aromatic rings. The Balaban J connectivity index is 3.32. The number of ether oxygens (including phenoxy) is 1. The van der Waals surface area contributed by atoms with Crippen molar-refractivity contribution in [2.45, 2.75) is 0 Å². The molecule has 0 heterocycles. The van der Waals surface area contributed by atoms with Gasteiger partial charge in [0, 0.05) is 0 Å².